The molecule has 2 aromatic rings. The van der Waals surface area contributed by atoms with E-state index in [0.29, 0.717) is 0 Å². The summed E-state index contributed by atoms with van der Waals surface area (Å²) in [5.74, 6) is 0.871. The molecule has 0 unspecified atom stereocenters. The summed E-state index contributed by atoms with van der Waals surface area (Å²) in [5.41, 5.74) is 8.11. The van der Waals surface area contributed by atoms with E-state index < -0.39 is 0 Å². The Bertz CT molecular complexity index is 476. The van der Waals surface area contributed by atoms with Crippen molar-refractivity contribution in [1.29, 1.82) is 0 Å². The van der Waals surface area contributed by atoms with Crippen molar-refractivity contribution in [3.8, 4) is 5.75 Å². The first-order valence-electron chi connectivity index (χ1n) is 6.24. The van der Waals surface area contributed by atoms with Gasteiger partial charge in [-0.15, -0.1) is 0 Å². The number of hydrogen-bond donors (Lipinski definition) is 1. The lowest BCUT2D eigenvalue weighted by Crippen LogP contribution is -2.05. The molecule has 2 heteroatoms. The third-order valence-corrected chi connectivity index (χ3v) is 2.99. The molecule has 2 N–H and O–H groups in total. The molecule has 0 fully saturated rings. The van der Waals surface area contributed by atoms with Crippen LogP contribution < -0.4 is 10.5 Å². The van der Waals surface area contributed by atoms with Crippen molar-refractivity contribution in [3.05, 3.63) is 65.7 Å². The highest BCUT2D eigenvalue weighted by molar-refractivity contribution is 5.29. The average molecular weight is 241 g/mol. The Balaban J connectivity index is 2.05. The molecule has 2 nitrogen and oxygen atoms in total. The van der Waals surface area contributed by atoms with E-state index in [-0.39, 0.29) is 12.1 Å². The van der Waals surface area contributed by atoms with E-state index in [9.17, 15) is 0 Å². The van der Waals surface area contributed by atoms with E-state index in [1.165, 1.54) is 5.56 Å². The van der Waals surface area contributed by atoms with Gasteiger partial charge in [0.1, 0.15) is 11.9 Å². The van der Waals surface area contributed by atoms with E-state index in [0.717, 1.165) is 11.3 Å². The quantitative estimate of drug-likeness (QED) is 0.882. The van der Waals surface area contributed by atoms with Crippen LogP contribution in [0.25, 0.3) is 0 Å². The van der Waals surface area contributed by atoms with Gasteiger partial charge in [0.25, 0.3) is 0 Å². The molecule has 2 atom stereocenters. The van der Waals surface area contributed by atoms with Crippen LogP contribution in [0.2, 0.25) is 0 Å². The smallest absolute Gasteiger partial charge is 0.121 e. The lowest BCUT2D eigenvalue weighted by molar-refractivity contribution is 0.227. The zero-order chi connectivity index (χ0) is 13.0. The minimum Gasteiger partial charge on any atom is -0.486 e. The van der Waals surface area contributed by atoms with Gasteiger partial charge in [-0.25, -0.2) is 0 Å². The number of hydrogen-bond acceptors (Lipinski definition) is 2. The van der Waals surface area contributed by atoms with Crippen molar-refractivity contribution in [2.24, 2.45) is 5.73 Å². The van der Waals surface area contributed by atoms with Crippen LogP contribution in [0.15, 0.2) is 54.6 Å². The Morgan fingerprint density at radius 1 is 0.833 bits per heavy atom. The molecule has 94 valence electrons. The van der Waals surface area contributed by atoms with E-state index in [1.807, 2.05) is 49.4 Å². The molecule has 0 aliphatic rings. The molecule has 0 spiro atoms. The van der Waals surface area contributed by atoms with Gasteiger partial charge >= 0.3 is 0 Å². The molecule has 0 aliphatic carbocycles. The number of nitrogens with two attached hydrogens (primary N) is 1. The number of ether oxygens (including phenoxy) is 1. The van der Waals surface area contributed by atoms with Gasteiger partial charge in [0.05, 0.1) is 0 Å². The van der Waals surface area contributed by atoms with Crippen LogP contribution in [-0.4, -0.2) is 0 Å². The molecular weight excluding hydrogens is 222 g/mol. The van der Waals surface area contributed by atoms with Crippen molar-refractivity contribution in [3.63, 3.8) is 0 Å². The van der Waals surface area contributed by atoms with Gasteiger partial charge in [-0.2, -0.15) is 0 Å². The maximum absolute atomic E-state index is 5.89. The topological polar surface area (TPSA) is 35.2 Å². The summed E-state index contributed by atoms with van der Waals surface area (Å²) >= 11 is 0. The molecule has 0 radical (unpaired) electrons. The Labute approximate surface area is 108 Å². The Morgan fingerprint density at radius 3 is 2.00 bits per heavy atom. The van der Waals surface area contributed by atoms with Crippen LogP contribution in [0.3, 0.4) is 0 Å². The maximum Gasteiger partial charge on any atom is 0.121 e. The number of benzene rings is 2. The van der Waals surface area contributed by atoms with Crippen LogP contribution >= 0.6 is 0 Å². The second-order valence-corrected chi connectivity index (χ2v) is 4.53. The molecule has 0 amide bonds. The molecule has 0 bridgehead atoms. The lowest BCUT2D eigenvalue weighted by Gasteiger charge is -2.15. The number of rotatable bonds is 4. The molecule has 18 heavy (non-hydrogen) atoms. The highest BCUT2D eigenvalue weighted by Crippen LogP contribution is 2.22. The van der Waals surface area contributed by atoms with Gasteiger partial charge in [0, 0.05) is 6.04 Å². The zero-order valence-electron chi connectivity index (χ0n) is 10.8. The lowest BCUT2D eigenvalue weighted by atomic mass is 10.1. The second-order valence-electron chi connectivity index (χ2n) is 4.53. The zero-order valence-corrected chi connectivity index (χ0v) is 10.8. The summed E-state index contributed by atoms with van der Waals surface area (Å²) in [6.45, 7) is 4.03. The monoisotopic (exact) mass is 241 g/mol. The highest BCUT2D eigenvalue weighted by Gasteiger charge is 2.06. The molecule has 2 rings (SSSR count). The summed E-state index contributed by atoms with van der Waals surface area (Å²) in [5, 5.41) is 0. The van der Waals surface area contributed by atoms with E-state index in [2.05, 4.69) is 19.1 Å². The van der Waals surface area contributed by atoms with E-state index >= 15 is 0 Å². The van der Waals surface area contributed by atoms with Crippen LogP contribution in [0.5, 0.6) is 5.75 Å². The predicted molar refractivity (Wildman–Crippen MR) is 74.5 cm³/mol. The summed E-state index contributed by atoms with van der Waals surface area (Å²) in [4.78, 5) is 0. The third-order valence-electron chi connectivity index (χ3n) is 2.99. The van der Waals surface area contributed by atoms with E-state index in [1.54, 1.807) is 0 Å². The average Bonchev–Trinajstić information content (AvgIpc) is 2.40. The fourth-order valence-corrected chi connectivity index (χ4v) is 1.85. The van der Waals surface area contributed by atoms with Crippen LogP contribution in [0, 0.1) is 0 Å². The van der Waals surface area contributed by atoms with Crippen molar-refractivity contribution >= 4 is 0 Å². The van der Waals surface area contributed by atoms with Gasteiger partial charge in [-0.3, -0.25) is 0 Å². The molecule has 2 aromatic carbocycles. The fourth-order valence-electron chi connectivity index (χ4n) is 1.85. The standard InChI is InChI=1S/C16H19NO/c1-12(17)14-8-10-16(11-9-14)18-13(2)15-6-4-3-5-7-15/h3-13H,17H2,1-2H3/t12-,13+/m1/s1. The van der Waals surface area contributed by atoms with Gasteiger partial charge in [0.15, 0.2) is 0 Å². The summed E-state index contributed by atoms with van der Waals surface area (Å²) < 4.78 is 5.89. The first-order chi connectivity index (χ1) is 8.66. The normalized spacial score (nSPS) is 13.9. The Hall–Kier alpha value is -1.80. The summed E-state index contributed by atoms with van der Waals surface area (Å²) in [6, 6.07) is 18.2. The summed E-state index contributed by atoms with van der Waals surface area (Å²) in [7, 11) is 0. The third kappa shape index (κ3) is 3.11. The van der Waals surface area contributed by atoms with Crippen LogP contribution in [0.1, 0.15) is 37.1 Å². The van der Waals surface area contributed by atoms with Gasteiger partial charge in [-0.1, -0.05) is 42.5 Å². The first kappa shape index (κ1) is 12.7. The van der Waals surface area contributed by atoms with E-state index in [4.69, 9.17) is 10.5 Å². The summed E-state index contributed by atoms with van der Waals surface area (Å²) in [6.07, 6.45) is 0.0485. The van der Waals surface area contributed by atoms with Crippen molar-refractivity contribution in [2.45, 2.75) is 26.0 Å². The van der Waals surface area contributed by atoms with Crippen LogP contribution in [0.4, 0.5) is 0 Å². The highest BCUT2D eigenvalue weighted by atomic mass is 16.5. The second kappa shape index (κ2) is 5.69. The maximum atomic E-state index is 5.89. The fraction of sp³-hybridized carbons (Fsp3) is 0.250. The van der Waals surface area contributed by atoms with Gasteiger partial charge < -0.3 is 10.5 Å². The molecule has 0 aromatic heterocycles. The van der Waals surface area contributed by atoms with Gasteiger partial charge in [0.2, 0.25) is 0 Å². The molecule has 0 saturated heterocycles. The molecular formula is C16H19NO. The first-order valence-corrected chi connectivity index (χ1v) is 6.24. The van der Waals surface area contributed by atoms with Gasteiger partial charge in [-0.05, 0) is 37.1 Å². The van der Waals surface area contributed by atoms with Crippen LogP contribution in [-0.2, 0) is 0 Å². The van der Waals surface area contributed by atoms with Crippen molar-refractivity contribution in [2.75, 3.05) is 0 Å². The largest absolute Gasteiger partial charge is 0.486 e. The van der Waals surface area contributed by atoms with Crippen molar-refractivity contribution < 1.29 is 4.74 Å². The predicted octanol–water partition coefficient (Wildman–Crippen LogP) is 3.85. The minimum absolute atomic E-state index is 0.0485. The minimum atomic E-state index is 0.0485. The molecule has 0 heterocycles. The molecule has 0 aliphatic heterocycles. The molecule has 0 saturated carbocycles. The van der Waals surface area contributed by atoms with Crippen molar-refractivity contribution in [1.82, 2.24) is 0 Å². The Morgan fingerprint density at radius 2 is 1.44 bits per heavy atom. The SMILES string of the molecule is C[C@H](Oc1ccc([C@@H](C)N)cc1)c1ccccc1. The Kier molecular flexibility index (Phi) is 4.00.